The van der Waals surface area contributed by atoms with Crippen molar-refractivity contribution in [2.24, 2.45) is 5.92 Å². The van der Waals surface area contributed by atoms with Crippen molar-refractivity contribution in [2.45, 2.75) is 90.9 Å². The second-order valence-corrected chi connectivity index (χ2v) is 13.1. The van der Waals surface area contributed by atoms with Crippen molar-refractivity contribution in [3.8, 4) is 17.0 Å². The first kappa shape index (κ1) is 32.9. The van der Waals surface area contributed by atoms with Gasteiger partial charge in [-0.05, 0) is 83.6 Å². The Morgan fingerprint density at radius 3 is 2.27 bits per heavy atom. The fraction of sp³-hybridized carbons (Fsp3) is 0.469. The third-order valence-corrected chi connectivity index (χ3v) is 8.22. The van der Waals surface area contributed by atoms with Crippen LogP contribution in [0.25, 0.3) is 22.3 Å². The number of phenols is 1. The predicted molar refractivity (Wildman–Crippen MR) is 168 cm³/mol. The summed E-state index contributed by atoms with van der Waals surface area (Å²) in [5, 5.41) is 26.0. The van der Waals surface area contributed by atoms with Gasteiger partial charge in [-0.1, -0.05) is 25.4 Å². The van der Waals surface area contributed by atoms with Crippen LogP contribution in [-0.4, -0.2) is 66.5 Å². The van der Waals surface area contributed by atoms with Gasteiger partial charge >= 0.3 is 6.09 Å². The molecule has 1 aromatic carbocycles. The van der Waals surface area contributed by atoms with E-state index >= 15 is 0 Å². The van der Waals surface area contributed by atoms with Crippen molar-refractivity contribution >= 4 is 46.1 Å². The topological polar surface area (TPSA) is 145 Å². The van der Waals surface area contributed by atoms with Gasteiger partial charge in [-0.3, -0.25) is 19.5 Å². The summed E-state index contributed by atoms with van der Waals surface area (Å²) in [6, 6.07) is 4.95. The smallest absolute Gasteiger partial charge is 0.408 e. The van der Waals surface area contributed by atoms with Gasteiger partial charge in [-0.25, -0.2) is 14.2 Å². The highest BCUT2D eigenvalue weighted by molar-refractivity contribution is 6.32. The van der Waals surface area contributed by atoms with Gasteiger partial charge in [0.15, 0.2) is 17.3 Å². The Labute approximate surface area is 261 Å². The van der Waals surface area contributed by atoms with Crippen LogP contribution in [0.1, 0.15) is 77.6 Å². The lowest BCUT2D eigenvalue weighted by Crippen LogP contribution is -2.60. The Morgan fingerprint density at radius 1 is 1.09 bits per heavy atom. The molecule has 4 N–H and O–H groups in total. The highest BCUT2D eigenvalue weighted by Gasteiger charge is 2.40. The van der Waals surface area contributed by atoms with Crippen molar-refractivity contribution < 1.29 is 29.0 Å². The Hall–Kier alpha value is -3.99. The Morgan fingerprint density at radius 2 is 1.73 bits per heavy atom. The number of ketones is 1. The van der Waals surface area contributed by atoms with Crippen LogP contribution in [0, 0.1) is 11.7 Å². The number of phenolic OH excluding ortho intramolecular Hbond substituents is 1. The molecule has 1 aliphatic carbocycles. The molecule has 1 atom stereocenters. The number of halogens is 2. The second kappa shape index (κ2) is 12.9. The van der Waals surface area contributed by atoms with Crippen LogP contribution in [0.5, 0.6) is 5.75 Å². The number of Topliss-reactive ketones (excluding diaryl/α,β-unsaturated/α-hetero) is 1. The van der Waals surface area contributed by atoms with Crippen molar-refractivity contribution in [2.75, 3.05) is 5.32 Å². The van der Waals surface area contributed by atoms with E-state index in [2.05, 4.69) is 15.6 Å². The highest BCUT2D eigenvalue weighted by Crippen LogP contribution is 2.35. The number of carboxylic acid groups (broad SMARTS) is 1. The van der Waals surface area contributed by atoms with Gasteiger partial charge in [0.2, 0.25) is 5.91 Å². The lowest BCUT2D eigenvalue weighted by molar-refractivity contribution is -0.130. The average molecular weight is 628 g/mol. The summed E-state index contributed by atoms with van der Waals surface area (Å²) >= 11 is 6.00. The van der Waals surface area contributed by atoms with Crippen LogP contribution in [-0.2, 0) is 4.79 Å². The number of aromatic hydroxyl groups is 1. The maximum Gasteiger partial charge on any atom is 0.408 e. The SMILES string of the molecule is CC(=O)c1cnc2ccc(-c3cc(F)c(O)c(Cl)c3)nc2c1NC1CCC(NC(=O)C(C(C)C)N(C(=O)O)C(C)(C)C)CC1. The zero-order chi connectivity index (χ0) is 32.5. The van der Waals surface area contributed by atoms with E-state index in [0.717, 1.165) is 6.07 Å². The number of hydrogen-bond acceptors (Lipinski definition) is 7. The van der Waals surface area contributed by atoms with Crippen LogP contribution in [0.4, 0.5) is 14.9 Å². The molecule has 236 valence electrons. The van der Waals surface area contributed by atoms with Crippen molar-refractivity contribution in [3.05, 3.63) is 46.9 Å². The average Bonchev–Trinajstić information content (AvgIpc) is 2.93. The van der Waals surface area contributed by atoms with Crippen LogP contribution < -0.4 is 10.6 Å². The number of nitrogens with one attached hydrogen (secondary N) is 2. The summed E-state index contributed by atoms with van der Waals surface area (Å²) in [6.07, 6.45) is 3.03. The first-order valence-corrected chi connectivity index (χ1v) is 15.0. The molecule has 1 saturated carbocycles. The number of nitrogens with zero attached hydrogens (tertiary/aromatic N) is 3. The van der Waals surface area contributed by atoms with Crippen LogP contribution in [0.15, 0.2) is 30.5 Å². The molecule has 0 radical (unpaired) electrons. The molecule has 2 amide bonds. The summed E-state index contributed by atoms with van der Waals surface area (Å²) in [4.78, 5) is 48.4. The number of carbonyl (C=O) groups is 3. The van der Waals surface area contributed by atoms with E-state index in [0.29, 0.717) is 59.2 Å². The maximum atomic E-state index is 14.2. The zero-order valence-corrected chi connectivity index (χ0v) is 26.5. The molecule has 1 fully saturated rings. The molecule has 44 heavy (non-hydrogen) atoms. The number of amides is 2. The quantitative estimate of drug-likeness (QED) is 0.203. The number of pyridine rings is 2. The second-order valence-electron chi connectivity index (χ2n) is 12.7. The molecule has 10 nitrogen and oxygen atoms in total. The van der Waals surface area contributed by atoms with E-state index in [4.69, 9.17) is 16.6 Å². The molecule has 2 heterocycles. The van der Waals surface area contributed by atoms with Gasteiger partial charge in [0, 0.05) is 29.4 Å². The minimum atomic E-state index is -1.14. The molecule has 0 saturated heterocycles. The lowest BCUT2D eigenvalue weighted by atomic mass is 9.89. The highest BCUT2D eigenvalue weighted by atomic mass is 35.5. The van der Waals surface area contributed by atoms with Gasteiger partial charge in [0.05, 0.1) is 27.5 Å². The number of aromatic nitrogens is 2. The number of carbonyl (C=O) groups excluding carboxylic acids is 2. The van der Waals surface area contributed by atoms with Crippen molar-refractivity contribution in [1.29, 1.82) is 0 Å². The van der Waals surface area contributed by atoms with Gasteiger partial charge in [-0.15, -0.1) is 0 Å². The monoisotopic (exact) mass is 627 g/mol. The zero-order valence-electron chi connectivity index (χ0n) is 25.7. The molecular formula is C32H39ClFN5O5. The Kier molecular flexibility index (Phi) is 9.68. The predicted octanol–water partition coefficient (Wildman–Crippen LogP) is 6.64. The molecule has 3 aromatic rings. The molecule has 1 unspecified atom stereocenters. The first-order chi connectivity index (χ1) is 20.6. The van der Waals surface area contributed by atoms with E-state index in [1.165, 1.54) is 24.1 Å². The van der Waals surface area contributed by atoms with E-state index in [1.807, 2.05) is 13.8 Å². The van der Waals surface area contributed by atoms with Gasteiger partial charge in [0.1, 0.15) is 11.6 Å². The minimum Gasteiger partial charge on any atom is -0.504 e. The molecule has 4 rings (SSSR count). The number of benzene rings is 1. The van der Waals surface area contributed by atoms with Crippen LogP contribution in [0.3, 0.4) is 0 Å². The molecule has 2 aromatic heterocycles. The molecule has 0 bridgehead atoms. The Bertz CT molecular complexity index is 1560. The van der Waals surface area contributed by atoms with E-state index in [9.17, 15) is 29.0 Å². The largest absolute Gasteiger partial charge is 0.504 e. The van der Waals surface area contributed by atoms with E-state index in [1.54, 1.807) is 32.9 Å². The minimum absolute atomic E-state index is 0.0381. The third-order valence-electron chi connectivity index (χ3n) is 7.93. The van der Waals surface area contributed by atoms with Gasteiger partial charge < -0.3 is 20.8 Å². The van der Waals surface area contributed by atoms with Gasteiger partial charge in [-0.2, -0.15) is 0 Å². The molecular weight excluding hydrogens is 589 g/mol. The van der Waals surface area contributed by atoms with Crippen molar-refractivity contribution in [3.63, 3.8) is 0 Å². The van der Waals surface area contributed by atoms with Crippen LogP contribution in [0.2, 0.25) is 5.02 Å². The number of fused-ring (bicyclic) bond motifs is 1. The third kappa shape index (κ3) is 7.04. The lowest BCUT2D eigenvalue weighted by Gasteiger charge is -2.41. The first-order valence-electron chi connectivity index (χ1n) is 14.7. The van der Waals surface area contributed by atoms with E-state index < -0.39 is 29.2 Å². The normalized spacial score (nSPS) is 17.8. The molecule has 1 aliphatic rings. The molecule has 0 aliphatic heterocycles. The maximum absolute atomic E-state index is 14.2. The summed E-state index contributed by atoms with van der Waals surface area (Å²) in [6.45, 7) is 10.4. The number of anilines is 1. The van der Waals surface area contributed by atoms with Crippen molar-refractivity contribution in [1.82, 2.24) is 20.2 Å². The van der Waals surface area contributed by atoms with E-state index in [-0.39, 0.29) is 34.7 Å². The van der Waals surface area contributed by atoms with Crippen LogP contribution >= 0.6 is 11.6 Å². The molecule has 0 spiro atoms. The fourth-order valence-corrected chi connectivity index (χ4v) is 5.98. The summed E-state index contributed by atoms with van der Waals surface area (Å²) in [5.41, 5.74) is 1.85. The molecule has 12 heteroatoms. The Balaban J connectivity index is 1.54. The van der Waals surface area contributed by atoms with Gasteiger partial charge in [0.25, 0.3) is 0 Å². The summed E-state index contributed by atoms with van der Waals surface area (Å²) < 4.78 is 14.2. The summed E-state index contributed by atoms with van der Waals surface area (Å²) in [5.74, 6) is -2.25. The fourth-order valence-electron chi connectivity index (χ4n) is 5.77. The number of hydrogen-bond donors (Lipinski definition) is 4. The standard InChI is InChI=1S/C32H39ClFN5O5/c1-16(2)28(39(31(43)44)32(4,5)6)30(42)37-20-9-7-19(8-10-20)36-26-21(17(3)40)15-35-25-12-11-24(38-27(25)26)18-13-22(33)29(41)23(34)14-18/h11-16,19-20,28,41H,7-10H2,1-6H3,(H,35,36)(H,37,42)(H,43,44). The number of rotatable bonds is 8. The summed E-state index contributed by atoms with van der Waals surface area (Å²) in [7, 11) is 0.